The fraction of sp³-hybridized carbons (Fsp3) is 0.353. The van der Waals surface area contributed by atoms with Gasteiger partial charge in [-0.1, -0.05) is 23.7 Å². The van der Waals surface area contributed by atoms with Gasteiger partial charge in [-0.25, -0.2) is 0 Å². The number of thiophene rings is 1. The summed E-state index contributed by atoms with van der Waals surface area (Å²) >= 11 is 7.58. The van der Waals surface area contributed by atoms with Crippen molar-refractivity contribution in [2.75, 3.05) is 13.1 Å². The summed E-state index contributed by atoms with van der Waals surface area (Å²) in [7, 11) is 0. The Morgan fingerprint density at radius 1 is 1.32 bits per heavy atom. The number of hydrogen-bond acceptors (Lipinski definition) is 3. The average Bonchev–Trinajstić information content (AvgIpc) is 3.17. The maximum atomic E-state index is 12.2. The van der Waals surface area contributed by atoms with E-state index in [0.717, 1.165) is 24.9 Å². The van der Waals surface area contributed by atoms with Gasteiger partial charge in [-0.3, -0.25) is 9.69 Å². The molecule has 2 heterocycles. The number of rotatable bonds is 5. The second-order valence-corrected chi connectivity index (χ2v) is 6.80. The number of carbonyl (C=O) groups is 1. The summed E-state index contributed by atoms with van der Waals surface area (Å²) in [5, 5.41) is 8.00. The van der Waals surface area contributed by atoms with Crippen LogP contribution in [0.5, 0.6) is 0 Å². The van der Waals surface area contributed by atoms with E-state index in [-0.39, 0.29) is 5.91 Å². The first-order chi connectivity index (χ1) is 10.7. The SMILES string of the molecule is O=C(CN1CCCC1c1ccsc1)NCc1ccc(Cl)cc1. The largest absolute Gasteiger partial charge is 0.351 e. The zero-order chi connectivity index (χ0) is 15.4. The van der Waals surface area contributed by atoms with E-state index in [9.17, 15) is 4.79 Å². The van der Waals surface area contributed by atoms with Crippen molar-refractivity contribution in [3.8, 4) is 0 Å². The van der Waals surface area contributed by atoms with Crippen LogP contribution >= 0.6 is 22.9 Å². The Hall–Kier alpha value is -1.36. The Bertz CT molecular complexity index is 612. The second kappa shape index (κ2) is 7.27. The molecule has 1 amide bonds. The molecule has 1 aliphatic heterocycles. The summed E-state index contributed by atoms with van der Waals surface area (Å²) in [5.74, 6) is 0.0806. The highest BCUT2D eigenvalue weighted by Gasteiger charge is 2.27. The molecule has 116 valence electrons. The molecule has 1 fully saturated rings. The quantitative estimate of drug-likeness (QED) is 0.900. The lowest BCUT2D eigenvalue weighted by molar-refractivity contribution is -0.122. The molecule has 1 atom stereocenters. The first kappa shape index (κ1) is 15.5. The maximum absolute atomic E-state index is 12.2. The van der Waals surface area contributed by atoms with Crippen LogP contribution in [0.1, 0.15) is 30.0 Å². The van der Waals surface area contributed by atoms with E-state index in [4.69, 9.17) is 11.6 Å². The molecule has 1 saturated heterocycles. The lowest BCUT2D eigenvalue weighted by Gasteiger charge is -2.23. The van der Waals surface area contributed by atoms with Crippen molar-refractivity contribution in [1.82, 2.24) is 10.2 Å². The Morgan fingerprint density at radius 2 is 2.14 bits per heavy atom. The molecule has 22 heavy (non-hydrogen) atoms. The van der Waals surface area contributed by atoms with Crippen LogP contribution in [0.15, 0.2) is 41.1 Å². The van der Waals surface area contributed by atoms with Gasteiger partial charge < -0.3 is 5.32 Å². The molecule has 0 aliphatic carbocycles. The smallest absolute Gasteiger partial charge is 0.234 e. The summed E-state index contributed by atoms with van der Waals surface area (Å²) in [5.41, 5.74) is 2.40. The van der Waals surface area contributed by atoms with Crippen LogP contribution < -0.4 is 5.32 Å². The van der Waals surface area contributed by atoms with Crippen LogP contribution in [0.4, 0.5) is 0 Å². The van der Waals surface area contributed by atoms with Crippen molar-refractivity contribution in [2.45, 2.75) is 25.4 Å². The Labute approximate surface area is 139 Å². The average molecular weight is 335 g/mol. The van der Waals surface area contributed by atoms with Gasteiger partial charge in [0, 0.05) is 17.6 Å². The first-order valence-corrected chi connectivity index (χ1v) is 8.82. The number of likely N-dealkylation sites (tertiary alicyclic amines) is 1. The van der Waals surface area contributed by atoms with Gasteiger partial charge in [-0.05, 0) is 59.5 Å². The molecule has 1 aromatic carbocycles. The third kappa shape index (κ3) is 3.88. The van der Waals surface area contributed by atoms with E-state index in [1.165, 1.54) is 5.56 Å². The first-order valence-electron chi connectivity index (χ1n) is 7.49. The molecule has 0 saturated carbocycles. The van der Waals surface area contributed by atoms with E-state index in [1.54, 1.807) is 11.3 Å². The van der Waals surface area contributed by atoms with E-state index in [1.807, 2.05) is 24.3 Å². The standard InChI is InChI=1S/C17H19ClN2OS/c18-15-5-3-13(4-6-15)10-19-17(21)11-20-8-1-2-16(20)14-7-9-22-12-14/h3-7,9,12,16H,1-2,8,10-11H2,(H,19,21). The van der Waals surface area contributed by atoms with Gasteiger partial charge in [0.15, 0.2) is 0 Å². The van der Waals surface area contributed by atoms with Crippen molar-refractivity contribution in [2.24, 2.45) is 0 Å². The molecular weight excluding hydrogens is 316 g/mol. The highest BCUT2D eigenvalue weighted by atomic mass is 35.5. The van der Waals surface area contributed by atoms with Gasteiger partial charge in [0.05, 0.1) is 6.54 Å². The molecule has 0 bridgehead atoms. The lowest BCUT2D eigenvalue weighted by Crippen LogP contribution is -2.36. The zero-order valence-corrected chi connectivity index (χ0v) is 13.9. The number of benzene rings is 1. The summed E-state index contributed by atoms with van der Waals surface area (Å²) in [6, 6.07) is 10.1. The fourth-order valence-corrected chi connectivity index (χ4v) is 3.73. The van der Waals surface area contributed by atoms with E-state index in [0.29, 0.717) is 24.2 Å². The summed E-state index contributed by atoms with van der Waals surface area (Å²) in [4.78, 5) is 14.5. The minimum absolute atomic E-state index is 0.0806. The van der Waals surface area contributed by atoms with Crippen LogP contribution in [0.3, 0.4) is 0 Å². The van der Waals surface area contributed by atoms with Crippen LogP contribution in [-0.2, 0) is 11.3 Å². The summed E-state index contributed by atoms with van der Waals surface area (Å²) in [6.45, 7) is 2.01. The van der Waals surface area contributed by atoms with Gasteiger partial charge in [-0.15, -0.1) is 0 Å². The van der Waals surface area contributed by atoms with E-state index in [2.05, 4.69) is 27.0 Å². The fourth-order valence-electron chi connectivity index (χ4n) is 2.90. The lowest BCUT2D eigenvalue weighted by atomic mass is 10.1. The third-order valence-electron chi connectivity index (χ3n) is 4.04. The molecule has 3 nitrogen and oxygen atoms in total. The Morgan fingerprint density at radius 3 is 2.86 bits per heavy atom. The van der Waals surface area contributed by atoms with Crippen molar-refractivity contribution in [1.29, 1.82) is 0 Å². The molecular formula is C17H19ClN2OS. The van der Waals surface area contributed by atoms with Crippen molar-refractivity contribution in [3.05, 3.63) is 57.2 Å². The van der Waals surface area contributed by atoms with Gasteiger partial charge >= 0.3 is 0 Å². The summed E-state index contributed by atoms with van der Waals surface area (Å²) in [6.07, 6.45) is 2.30. The molecule has 1 aliphatic rings. The van der Waals surface area contributed by atoms with Crippen molar-refractivity contribution < 1.29 is 4.79 Å². The molecule has 1 aromatic heterocycles. The minimum atomic E-state index is 0.0806. The number of nitrogens with zero attached hydrogens (tertiary/aromatic N) is 1. The van der Waals surface area contributed by atoms with E-state index >= 15 is 0 Å². The number of amides is 1. The monoisotopic (exact) mass is 334 g/mol. The number of carbonyl (C=O) groups excluding carboxylic acids is 1. The van der Waals surface area contributed by atoms with E-state index < -0.39 is 0 Å². The maximum Gasteiger partial charge on any atom is 0.234 e. The normalized spacial score (nSPS) is 18.5. The van der Waals surface area contributed by atoms with Crippen LogP contribution in [0.25, 0.3) is 0 Å². The van der Waals surface area contributed by atoms with Crippen molar-refractivity contribution >= 4 is 28.8 Å². The number of nitrogens with one attached hydrogen (secondary N) is 1. The second-order valence-electron chi connectivity index (χ2n) is 5.59. The Balaban J connectivity index is 1.52. The predicted molar refractivity (Wildman–Crippen MR) is 91.2 cm³/mol. The predicted octanol–water partition coefficient (Wildman–Crippen LogP) is 3.85. The zero-order valence-electron chi connectivity index (χ0n) is 12.3. The van der Waals surface area contributed by atoms with Gasteiger partial charge in [0.25, 0.3) is 0 Å². The molecule has 3 rings (SSSR count). The highest BCUT2D eigenvalue weighted by molar-refractivity contribution is 7.07. The third-order valence-corrected chi connectivity index (χ3v) is 4.99. The topological polar surface area (TPSA) is 32.3 Å². The summed E-state index contributed by atoms with van der Waals surface area (Å²) < 4.78 is 0. The van der Waals surface area contributed by atoms with Crippen LogP contribution in [0, 0.1) is 0 Å². The Kier molecular flexibility index (Phi) is 5.13. The molecule has 2 aromatic rings. The number of hydrogen-bond donors (Lipinski definition) is 1. The molecule has 5 heteroatoms. The number of halogens is 1. The molecule has 1 unspecified atom stereocenters. The van der Waals surface area contributed by atoms with Gasteiger partial charge in [0.2, 0.25) is 5.91 Å². The molecule has 1 N–H and O–H groups in total. The molecule has 0 spiro atoms. The highest BCUT2D eigenvalue weighted by Crippen LogP contribution is 2.32. The van der Waals surface area contributed by atoms with Gasteiger partial charge in [0.1, 0.15) is 0 Å². The molecule has 0 radical (unpaired) electrons. The minimum Gasteiger partial charge on any atom is -0.351 e. The van der Waals surface area contributed by atoms with Crippen LogP contribution in [0.2, 0.25) is 5.02 Å². The van der Waals surface area contributed by atoms with Gasteiger partial charge in [-0.2, -0.15) is 11.3 Å². The van der Waals surface area contributed by atoms with Crippen molar-refractivity contribution in [3.63, 3.8) is 0 Å². The van der Waals surface area contributed by atoms with Crippen LogP contribution in [-0.4, -0.2) is 23.9 Å².